The van der Waals surface area contributed by atoms with E-state index in [0.29, 0.717) is 22.5 Å². The van der Waals surface area contributed by atoms with E-state index in [0.717, 1.165) is 27.8 Å². The molecule has 1 amide bonds. The van der Waals surface area contributed by atoms with Gasteiger partial charge in [0.1, 0.15) is 5.76 Å². The summed E-state index contributed by atoms with van der Waals surface area (Å²) in [6.07, 6.45) is 1.63. The second-order valence-corrected chi connectivity index (χ2v) is 8.72. The highest BCUT2D eigenvalue weighted by Gasteiger charge is 2.17. The van der Waals surface area contributed by atoms with Gasteiger partial charge in [0.15, 0.2) is 11.0 Å². The third-order valence-electron chi connectivity index (χ3n) is 5.11. The Morgan fingerprint density at radius 3 is 2.61 bits per heavy atom. The number of furan rings is 1. The summed E-state index contributed by atoms with van der Waals surface area (Å²) in [5, 5.41) is 15.1. The summed E-state index contributed by atoms with van der Waals surface area (Å²) < 4.78 is 7.47. The molecule has 0 fully saturated rings. The smallest absolute Gasteiger partial charge is 0.234 e. The van der Waals surface area contributed by atoms with Crippen LogP contribution < -0.4 is 5.32 Å². The van der Waals surface area contributed by atoms with Crippen LogP contribution in [0.2, 0.25) is 5.02 Å². The first-order valence-corrected chi connectivity index (χ1v) is 11.7. The maximum Gasteiger partial charge on any atom is 0.234 e. The summed E-state index contributed by atoms with van der Waals surface area (Å²) in [5.74, 6) is 1.53. The molecule has 0 unspecified atom stereocenters. The topological polar surface area (TPSA) is 73.0 Å². The molecule has 2 aromatic heterocycles. The number of amides is 1. The maximum atomic E-state index is 12.7. The first-order chi connectivity index (χ1) is 16.2. The molecule has 0 radical (unpaired) electrons. The molecule has 6 nitrogen and oxygen atoms in total. The highest BCUT2D eigenvalue weighted by atomic mass is 35.5. The standard InChI is InChI=1S/C25H19ClN4O2S/c26-19-12-10-18(11-13-19)24-28-29-25(30(24)15-20-7-4-14-32-20)33-16-23(31)27-22-9-3-6-17-5-1-2-8-21(17)22/h1-14H,15-16H2,(H,27,31). The first-order valence-electron chi connectivity index (χ1n) is 10.3. The SMILES string of the molecule is O=C(CSc1nnc(-c2ccc(Cl)cc2)n1Cc1ccco1)Nc1cccc2ccccc12. The van der Waals surface area contributed by atoms with Gasteiger partial charge in [-0.25, -0.2) is 0 Å². The van der Waals surface area contributed by atoms with E-state index in [1.165, 1.54) is 11.8 Å². The lowest BCUT2D eigenvalue weighted by atomic mass is 10.1. The van der Waals surface area contributed by atoms with E-state index < -0.39 is 0 Å². The van der Waals surface area contributed by atoms with Crippen LogP contribution in [0.3, 0.4) is 0 Å². The minimum absolute atomic E-state index is 0.114. The van der Waals surface area contributed by atoms with Gasteiger partial charge in [-0.15, -0.1) is 10.2 Å². The van der Waals surface area contributed by atoms with Gasteiger partial charge >= 0.3 is 0 Å². The highest BCUT2D eigenvalue weighted by molar-refractivity contribution is 7.99. The number of thioether (sulfide) groups is 1. The van der Waals surface area contributed by atoms with Crippen molar-refractivity contribution in [3.63, 3.8) is 0 Å². The minimum Gasteiger partial charge on any atom is -0.467 e. The van der Waals surface area contributed by atoms with Crippen LogP contribution in [-0.2, 0) is 11.3 Å². The molecule has 5 aromatic rings. The number of fused-ring (bicyclic) bond motifs is 1. The lowest BCUT2D eigenvalue weighted by molar-refractivity contribution is -0.113. The van der Waals surface area contributed by atoms with E-state index in [1.54, 1.807) is 6.26 Å². The van der Waals surface area contributed by atoms with Crippen molar-refractivity contribution in [3.05, 3.63) is 95.9 Å². The zero-order valence-corrected chi connectivity index (χ0v) is 19.0. The number of rotatable bonds is 7. The third-order valence-corrected chi connectivity index (χ3v) is 6.33. The van der Waals surface area contributed by atoms with Crippen LogP contribution in [0.15, 0.2) is 94.7 Å². The van der Waals surface area contributed by atoms with Gasteiger partial charge in [0, 0.05) is 21.7 Å². The van der Waals surface area contributed by atoms with Crippen LogP contribution >= 0.6 is 23.4 Å². The zero-order valence-electron chi connectivity index (χ0n) is 17.4. The number of hydrogen-bond acceptors (Lipinski definition) is 5. The quantitative estimate of drug-likeness (QED) is 0.287. The summed E-state index contributed by atoms with van der Waals surface area (Å²) in [4.78, 5) is 12.7. The molecule has 0 aliphatic rings. The second kappa shape index (κ2) is 9.52. The lowest BCUT2D eigenvalue weighted by Crippen LogP contribution is -2.15. The molecular formula is C25H19ClN4O2S. The molecule has 3 aromatic carbocycles. The van der Waals surface area contributed by atoms with Gasteiger partial charge in [-0.3, -0.25) is 9.36 Å². The van der Waals surface area contributed by atoms with Crippen LogP contribution in [0.4, 0.5) is 5.69 Å². The number of nitrogens with one attached hydrogen (secondary N) is 1. The third kappa shape index (κ3) is 4.79. The van der Waals surface area contributed by atoms with Gasteiger partial charge in [0.25, 0.3) is 0 Å². The molecule has 0 spiro atoms. The molecule has 0 aliphatic carbocycles. The monoisotopic (exact) mass is 474 g/mol. The van der Waals surface area contributed by atoms with E-state index in [4.69, 9.17) is 16.0 Å². The molecule has 0 atom stereocenters. The molecule has 33 heavy (non-hydrogen) atoms. The number of carbonyl (C=O) groups excluding carboxylic acids is 1. The Hall–Kier alpha value is -3.55. The van der Waals surface area contributed by atoms with Gasteiger partial charge in [-0.05, 0) is 47.9 Å². The maximum absolute atomic E-state index is 12.7. The largest absolute Gasteiger partial charge is 0.467 e. The Labute approximate surface area is 199 Å². The molecule has 8 heteroatoms. The average Bonchev–Trinajstić information content (AvgIpc) is 3.49. The van der Waals surface area contributed by atoms with Crippen molar-refractivity contribution in [1.29, 1.82) is 0 Å². The van der Waals surface area contributed by atoms with Crippen LogP contribution in [-0.4, -0.2) is 26.4 Å². The van der Waals surface area contributed by atoms with Crippen molar-refractivity contribution in [3.8, 4) is 11.4 Å². The summed E-state index contributed by atoms with van der Waals surface area (Å²) >= 11 is 7.37. The van der Waals surface area contributed by atoms with Crippen molar-refractivity contribution < 1.29 is 9.21 Å². The normalized spacial score (nSPS) is 11.1. The average molecular weight is 475 g/mol. The summed E-state index contributed by atoms with van der Waals surface area (Å²) in [7, 11) is 0. The number of anilines is 1. The Morgan fingerprint density at radius 2 is 1.79 bits per heavy atom. The Morgan fingerprint density at radius 1 is 0.970 bits per heavy atom. The van der Waals surface area contributed by atoms with E-state index in [2.05, 4.69) is 15.5 Å². The van der Waals surface area contributed by atoms with Crippen LogP contribution in [0.5, 0.6) is 0 Å². The fourth-order valence-corrected chi connectivity index (χ4v) is 4.42. The molecule has 0 aliphatic heterocycles. The molecule has 164 valence electrons. The fourth-order valence-electron chi connectivity index (χ4n) is 3.56. The van der Waals surface area contributed by atoms with Crippen LogP contribution in [0.1, 0.15) is 5.76 Å². The predicted octanol–water partition coefficient (Wildman–Crippen LogP) is 6.12. The molecule has 5 rings (SSSR count). The van der Waals surface area contributed by atoms with E-state index in [-0.39, 0.29) is 11.7 Å². The van der Waals surface area contributed by atoms with Crippen LogP contribution in [0, 0.1) is 0 Å². The molecule has 0 saturated carbocycles. The van der Waals surface area contributed by atoms with Gasteiger partial charge in [0.05, 0.1) is 18.6 Å². The lowest BCUT2D eigenvalue weighted by Gasteiger charge is -2.10. The number of nitrogens with zero attached hydrogens (tertiary/aromatic N) is 3. The highest BCUT2D eigenvalue weighted by Crippen LogP contribution is 2.27. The van der Waals surface area contributed by atoms with E-state index in [9.17, 15) is 4.79 Å². The summed E-state index contributed by atoms with van der Waals surface area (Å²) in [5.41, 5.74) is 1.67. The van der Waals surface area contributed by atoms with Crippen molar-refractivity contribution in [1.82, 2.24) is 14.8 Å². The summed E-state index contributed by atoms with van der Waals surface area (Å²) in [6.45, 7) is 0.450. The Kier molecular flexibility index (Phi) is 6.15. The second-order valence-electron chi connectivity index (χ2n) is 7.34. The molecule has 0 saturated heterocycles. The molecule has 1 N–H and O–H groups in total. The molecular weight excluding hydrogens is 456 g/mol. The number of halogens is 1. The van der Waals surface area contributed by atoms with Gasteiger partial charge in [-0.1, -0.05) is 59.8 Å². The first kappa shape index (κ1) is 21.3. The molecule has 2 heterocycles. The van der Waals surface area contributed by atoms with Gasteiger partial charge < -0.3 is 9.73 Å². The van der Waals surface area contributed by atoms with E-state index >= 15 is 0 Å². The Balaban J connectivity index is 1.36. The number of hydrogen-bond donors (Lipinski definition) is 1. The van der Waals surface area contributed by atoms with Crippen molar-refractivity contribution >= 4 is 45.7 Å². The van der Waals surface area contributed by atoms with Crippen molar-refractivity contribution in [2.24, 2.45) is 0 Å². The van der Waals surface area contributed by atoms with Crippen LogP contribution in [0.25, 0.3) is 22.2 Å². The zero-order chi connectivity index (χ0) is 22.6. The number of carbonyl (C=O) groups is 1. The number of benzene rings is 3. The molecule has 0 bridgehead atoms. The predicted molar refractivity (Wildman–Crippen MR) is 132 cm³/mol. The fraction of sp³-hybridized carbons (Fsp3) is 0.0800. The summed E-state index contributed by atoms with van der Waals surface area (Å²) in [6, 6.07) is 25.0. The van der Waals surface area contributed by atoms with Gasteiger partial charge in [0.2, 0.25) is 5.91 Å². The van der Waals surface area contributed by atoms with Gasteiger partial charge in [-0.2, -0.15) is 0 Å². The van der Waals surface area contributed by atoms with E-state index in [1.807, 2.05) is 83.4 Å². The minimum atomic E-state index is -0.114. The van der Waals surface area contributed by atoms with Crippen molar-refractivity contribution in [2.75, 3.05) is 11.1 Å². The Bertz CT molecular complexity index is 1390. The number of aromatic nitrogens is 3. The van der Waals surface area contributed by atoms with Crippen molar-refractivity contribution in [2.45, 2.75) is 11.7 Å².